The predicted molar refractivity (Wildman–Crippen MR) is 116 cm³/mol. The molecule has 0 radical (unpaired) electrons. The minimum Gasteiger partial charge on any atom is -0.492 e. The van der Waals surface area contributed by atoms with Crippen LogP contribution in [-0.2, 0) is 17.9 Å². The molecule has 0 aliphatic carbocycles. The van der Waals surface area contributed by atoms with Gasteiger partial charge in [0.15, 0.2) is 5.96 Å². The molecule has 0 aliphatic heterocycles. The van der Waals surface area contributed by atoms with E-state index in [1.807, 2.05) is 48.5 Å². The van der Waals surface area contributed by atoms with Crippen molar-refractivity contribution in [3.8, 4) is 5.75 Å². The smallest absolute Gasteiger partial charge is 0.193 e. The van der Waals surface area contributed by atoms with Crippen molar-refractivity contribution in [2.24, 2.45) is 10.7 Å². The van der Waals surface area contributed by atoms with E-state index in [0.717, 1.165) is 42.2 Å². The number of methoxy groups -OCH3 is 1. The number of anilines is 1. The summed E-state index contributed by atoms with van der Waals surface area (Å²) >= 11 is 0. The molecule has 2 rings (SSSR count). The van der Waals surface area contributed by atoms with Crippen LogP contribution in [0.5, 0.6) is 5.75 Å². The highest BCUT2D eigenvalue weighted by atomic mass is 16.5. The maximum Gasteiger partial charge on any atom is 0.193 e. The SMILES string of the molecule is CCN(CC)CCOc1ccc(CN=C(N)Nc2ccccc2COC)cc1. The quantitative estimate of drug-likeness (QED) is 0.458. The molecule has 0 spiro atoms. The fourth-order valence-electron chi connectivity index (χ4n) is 2.80. The maximum absolute atomic E-state index is 6.04. The number of nitrogens with zero attached hydrogens (tertiary/aromatic N) is 2. The molecule has 6 nitrogen and oxygen atoms in total. The molecule has 0 amide bonds. The molecule has 0 saturated heterocycles. The summed E-state index contributed by atoms with van der Waals surface area (Å²) < 4.78 is 11.0. The van der Waals surface area contributed by atoms with Gasteiger partial charge in [0.2, 0.25) is 0 Å². The fourth-order valence-corrected chi connectivity index (χ4v) is 2.80. The lowest BCUT2D eigenvalue weighted by Gasteiger charge is -2.18. The van der Waals surface area contributed by atoms with E-state index >= 15 is 0 Å². The van der Waals surface area contributed by atoms with Gasteiger partial charge < -0.3 is 25.4 Å². The predicted octanol–water partition coefficient (Wildman–Crippen LogP) is 3.48. The molecule has 0 saturated carbocycles. The number of likely N-dealkylation sites (N-methyl/N-ethyl adjacent to an activating group) is 1. The number of benzene rings is 2. The van der Waals surface area contributed by atoms with Crippen LogP contribution < -0.4 is 15.8 Å². The van der Waals surface area contributed by atoms with Crippen molar-refractivity contribution >= 4 is 11.6 Å². The molecule has 0 unspecified atom stereocenters. The second-order valence-electron chi connectivity index (χ2n) is 6.44. The van der Waals surface area contributed by atoms with Crippen LogP contribution >= 0.6 is 0 Å². The van der Waals surface area contributed by atoms with Gasteiger partial charge in [-0.2, -0.15) is 0 Å². The highest BCUT2D eigenvalue weighted by molar-refractivity contribution is 5.92. The number of nitrogens with one attached hydrogen (secondary N) is 1. The Balaban J connectivity index is 1.85. The van der Waals surface area contributed by atoms with Crippen LogP contribution in [0.1, 0.15) is 25.0 Å². The third-order valence-electron chi connectivity index (χ3n) is 4.51. The van der Waals surface area contributed by atoms with Gasteiger partial charge in [-0.15, -0.1) is 0 Å². The van der Waals surface area contributed by atoms with Crippen LogP contribution in [0.3, 0.4) is 0 Å². The Bertz CT molecular complexity index is 728. The third kappa shape index (κ3) is 7.21. The largest absolute Gasteiger partial charge is 0.492 e. The van der Waals surface area contributed by atoms with Gasteiger partial charge in [-0.05, 0) is 36.9 Å². The molecule has 28 heavy (non-hydrogen) atoms. The Kier molecular flexibility index (Phi) is 9.31. The molecule has 0 aliphatic rings. The van der Waals surface area contributed by atoms with Gasteiger partial charge in [-0.25, -0.2) is 4.99 Å². The number of guanidine groups is 1. The zero-order valence-electron chi connectivity index (χ0n) is 17.1. The van der Waals surface area contributed by atoms with Crippen molar-refractivity contribution in [2.45, 2.75) is 27.0 Å². The zero-order chi connectivity index (χ0) is 20.2. The van der Waals surface area contributed by atoms with Crippen molar-refractivity contribution in [2.75, 3.05) is 38.7 Å². The molecule has 3 N–H and O–H groups in total. The topological polar surface area (TPSA) is 72.1 Å². The summed E-state index contributed by atoms with van der Waals surface area (Å²) in [6, 6.07) is 15.9. The molecule has 152 valence electrons. The van der Waals surface area contributed by atoms with E-state index in [9.17, 15) is 0 Å². The first-order chi connectivity index (χ1) is 13.7. The first-order valence-electron chi connectivity index (χ1n) is 9.74. The van der Waals surface area contributed by atoms with E-state index in [1.165, 1.54) is 0 Å². The Labute approximate surface area is 168 Å². The number of nitrogens with two attached hydrogens (primary N) is 1. The van der Waals surface area contributed by atoms with Gasteiger partial charge >= 0.3 is 0 Å². The molecule has 2 aromatic carbocycles. The number of aliphatic imine (C=N–C) groups is 1. The molecule has 6 heteroatoms. The van der Waals surface area contributed by atoms with E-state index in [4.69, 9.17) is 15.2 Å². The van der Waals surface area contributed by atoms with Crippen molar-refractivity contribution in [3.05, 3.63) is 59.7 Å². The molecule has 0 atom stereocenters. The van der Waals surface area contributed by atoms with E-state index in [-0.39, 0.29) is 0 Å². The first-order valence-corrected chi connectivity index (χ1v) is 9.74. The molecule has 0 fully saturated rings. The van der Waals surface area contributed by atoms with E-state index in [1.54, 1.807) is 7.11 Å². The average Bonchev–Trinajstić information content (AvgIpc) is 2.72. The Morgan fingerprint density at radius 3 is 2.46 bits per heavy atom. The molecule has 0 aromatic heterocycles. The minimum atomic E-state index is 0.378. The monoisotopic (exact) mass is 384 g/mol. The summed E-state index contributed by atoms with van der Waals surface area (Å²) in [5, 5.41) is 3.14. The van der Waals surface area contributed by atoms with Gasteiger partial charge in [0.05, 0.1) is 13.2 Å². The van der Waals surface area contributed by atoms with Gasteiger partial charge in [-0.1, -0.05) is 44.2 Å². The molecule has 2 aromatic rings. The van der Waals surface area contributed by atoms with Crippen LogP contribution in [0.25, 0.3) is 0 Å². The number of hydrogen-bond donors (Lipinski definition) is 2. The lowest BCUT2D eigenvalue weighted by molar-refractivity contribution is 0.185. The standard InChI is InChI=1S/C22H32N4O2/c1-4-26(5-2)14-15-28-20-12-10-18(11-13-20)16-24-22(23)25-21-9-7-6-8-19(21)17-27-3/h6-13H,4-5,14-17H2,1-3H3,(H3,23,24,25). The average molecular weight is 385 g/mol. The number of ether oxygens (including phenoxy) is 2. The van der Waals surface area contributed by atoms with Crippen LogP contribution in [-0.4, -0.2) is 44.2 Å². The number of hydrogen-bond acceptors (Lipinski definition) is 4. The van der Waals surface area contributed by atoms with Gasteiger partial charge in [0, 0.05) is 24.9 Å². The Hall–Kier alpha value is -2.57. The van der Waals surface area contributed by atoms with Crippen LogP contribution in [0.2, 0.25) is 0 Å². The van der Waals surface area contributed by atoms with Gasteiger partial charge in [0.1, 0.15) is 12.4 Å². The van der Waals surface area contributed by atoms with Crippen LogP contribution in [0, 0.1) is 0 Å². The first kappa shape index (κ1) is 21.7. The van der Waals surface area contributed by atoms with Gasteiger partial charge in [0.25, 0.3) is 0 Å². The van der Waals surface area contributed by atoms with E-state index < -0.39 is 0 Å². The summed E-state index contributed by atoms with van der Waals surface area (Å²) in [4.78, 5) is 6.76. The molecule has 0 bridgehead atoms. The summed E-state index contributed by atoms with van der Waals surface area (Å²) in [5.41, 5.74) is 9.05. The highest BCUT2D eigenvalue weighted by Crippen LogP contribution is 2.16. The summed E-state index contributed by atoms with van der Waals surface area (Å²) in [6.07, 6.45) is 0. The molecule has 0 heterocycles. The molecular weight excluding hydrogens is 352 g/mol. The van der Waals surface area contributed by atoms with Crippen molar-refractivity contribution in [1.82, 2.24) is 4.90 Å². The van der Waals surface area contributed by atoms with Crippen molar-refractivity contribution < 1.29 is 9.47 Å². The number of rotatable bonds is 11. The van der Waals surface area contributed by atoms with E-state index in [0.29, 0.717) is 25.7 Å². The Morgan fingerprint density at radius 2 is 1.79 bits per heavy atom. The highest BCUT2D eigenvalue weighted by Gasteiger charge is 2.03. The van der Waals surface area contributed by atoms with Crippen LogP contribution in [0.15, 0.2) is 53.5 Å². The summed E-state index contributed by atoms with van der Waals surface area (Å²) in [7, 11) is 1.67. The Morgan fingerprint density at radius 1 is 1.07 bits per heavy atom. The zero-order valence-corrected chi connectivity index (χ0v) is 17.1. The van der Waals surface area contributed by atoms with Gasteiger partial charge in [-0.3, -0.25) is 0 Å². The van der Waals surface area contributed by atoms with Crippen molar-refractivity contribution in [3.63, 3.8) is 0 Å². The van der Waals surface area contributed by atoms with Crippen LogP contribution in [0.4, 0.5) is 5.69 Å². The third-order valence-corrected chi connectivity index (χ3v) is 4.51. The second-order valence-corrected chi connectivity index (χ2v) is 6.44. The fraction of sp³-hybridized carbons (Fsp3) is 0.409. The summed E-state index contributed by atoms with van der Waals surface area (Å²) in [6.45, 7) is 9.06. The lowest BCUT2D eigenvalue weighted by atomic mass is 10.2. The molecular formula is C22H32N4O2. The summed E-state index contributed by atoms with van der Waals surface area (Å²) in [5.74, 6) is 1.25. The second kappa shape index (κ2) is 12.0. The van der Waals surface area contributed by atoms with Crippen molar-refractivity contribution in [1.29, 1.82) is 0 Å². The number of para-hydroxylation sites is 1. The minimum absolute atomic E-state index is 0.378. The normalized spacial score (nSPS) is 11.6. The lowest BCUT2D eigenvalue weighted by Crippen LogP contribution is -2.27. The maximum atomic E-state index is 6.04. The van der Waals surface area contributed by atoms with E-state index in [2.05, 4.69) is 29.1 Å².